The van der Waals surface area contributed by atoms with Crippen molar-refractivity contribution >= 4 is 23.5 Å². The molecule has 1 atom stereocenters. The Labute approximate surface area is 179 Å². The number of Topliss-reactive ketones (excluding diaryl/α,β-unsaturated/α-hetero) is 1. The molecule has 0 fully saturated rings. The summed E-state index contributed by atoms with van der Waals surface area (Å²) in [6.45, 7) is 3.80. The lowest BCUT2D eigenvalue weighted by Gasteiger charge is -2.14. The summed E-state index contributed by atoms with van der Waals surface area (Å²) in [6.07, 6.45) is 0. The van der Waals surface area contributed by atoms with Crippen LogP contribution >= 0.6 is 11.8 Å². The fourth-order valence-electron chi connectivity index (χ4n) is 2.95. The number of ketones is 1. The second-order valence-electron chi connectivity index (χ2n) is 6.90. The number of nitrogens with one attached hydrogen (secondary N) is 1. The highest BCUT2D eigenvalue weighted by Gasteiger charge is 2.19. The van der Waals surface area contributed by atoms with E-state index >= 15 is 0 Å². The van der Waals surface area contributed by atoms with Gasteiger partial charge >= 0.3 is 0 Å². The Morgan fingerprint density at radius 2 is 1.87 bits per heavy atom. The van der Waals surface area contributed by atoms with E-state index in [0.29, 0.717) is 27.9 Å². The van der Waals surface area contributed by atoms with Gasteiger partial charge in [0.15, 0.2) is 16.8 Å². The quantitative estimate of drug-likeness (QED) is 0.439. The number of nitrogens with zero attached hydrogens (tertiary/aromatic N) is 3. The first kappa shape index (κ1) is 21.6. The highest BCUT2D eigenvalue weighted by atomic mass is 32.2. The van der Waals surface area contributed by atoms with Gasteiger partial charge in [0, 0.05) is 18.2 Å². The average Bonchev–Trinajstić information content (AvgIpc) is 3.12. The number of amides is 1. The van der Waals surface area contributed by atoms with E-state index < -0.39 is 0 Å². The zero-order valence-electron chi connectivity index (χ0n) is 17.4. The standard InChI is InChI=1S/C22H24N4O3S/c1-14-6-5-7-17(12-14)21(28)23-15(2)20-24-25-22(26(20)3)30-13-19(27)16-8-10-18(29-4)11-9-16/h5-12,15H,13H2,1-4H3,(H,23,28)/t15-/m1/s1. The summed E-state index contributed by atoms with van der Waals surface area (Å²) in [4.78, 5) is 24.9. The Balaban J connectivity index is 1.61. The first-order chi connectivity index (χ1) is 14.4. The van der Waals surface area contributed by atoms with Gasteiger partial charge in [-0.25, -0.2) is 0 Å². The molecular weight excluding hydrogens is 400 g/mol. The van der Waals surface area contributed by atoms with E-state index in [4.69, 9.17) is 4.74 Å². The van der Waals surface area contributed by atoms with Crippen molar-refractivity contribution in [3.8, 4) is 5.75 Å². The molecule has 30 heavy (non-hydrogen) atoms. The summed E-state index contributed by atoms with van der Waals surface area (Å²) in [6, 6.07) is 14.1. The lowest BCUT2D eigenvalue weighted by molar-refractivity contribution is 0.0937. The number of methoxy groups -OCH3 is 1. The van der Waals surface area contributed by atoms with Gasteiger partial charge in [0.25, 0.3) is 5.91 Å². The van der Waals surface area contributed by atoms with Crippen LogP contribution in [0.4, 0.5) is 0 Å². The molecule has 0 radical (unpaired) electrons. The largest absolute Gasteiger partial charge is 0.497 e. The number of ether oxygens (including phenoxy) is 1. The smallest absolute Gasteiger partial charge is 0.251 e. The SMILES string of the molecule is COc1ccc(C(=O)CSc2nnc([C@@H](C)NC(=O)c3cccc(C)c3)n2C)cc1. The molecule has 2 aromatic carbocycles. The van der Waals surface area contributed by atoms with Gasteiger partial charge in [-0.1, -0.05) is 29.5 Å². The molecule has 156 valence electrons. The molecule has 0 aliphatic heterocycles. The topological polar surface area (TPSA) is 86.1 Å². The van der Waals surface area contributed by atoms with Crippen molar-refractivity contribution in [1.82, 2.24) is 20.1 Å². The fraction of sp³-hybridized carbons (Fsp3) is 0.273. The predicted octanol–water partition coefficient (Wildman–Crippen LogP) is 3.60. The molecule has 7 nitrogen and oxygen atoms in total. The Morgan fingerprint density at radius 3 is 2.53 bits per heavy atom. The fourth-order valence-corrected chi connectivity index (χ4v) is 3.76. The Hall–Kier alpha value is -3.13. The molecule has 0 unspecified atom stereocenters. The van der Waals surface area contributed by atoms with Crippen molar-refractivity contribution in [3.63, 3.8) is 0 Å². The Morgan fingerprint density at radius 1 is 1.13 bits per heavy atom. The van der Waals surface area contributed by atoms with Gasteiger partial charge in [-0.05, 0) is 50.2 Å². The number of benzene rings is 2. The minimum Gasteiger partial charge on any atom is -0.497 e. The number of thioether (sulfide) groups is 1. The minimum atomic E-state index is -0.331. The molecule has 3 rings (SSSR count). The Kier molecular flexibility index (Phi) is 6.89. The molecular formula is C22H24N4O3S. The maximum Gasteiger partial charge on any atom is 0.251 e. The maximum absolute atomic E-state index is 12.5. The van der Waals surface area contributed by atoms with Gasteiger partial charge in [-0.3, -0.25) is 9.59 Å². The zero-order chi connectivity index (χ0) is 21.7. The molecule has 1 amide bonds. The van der Waals surface area contributed by atoms with Gasteiger partial charge in [-0.2, -0.15) is 0 Å². The molecule has 0 aliphatic rings. The molecule has 0 saturated heterocycles. The maximum atomic E-state index is 12.5. The number of aryl methyl sites for hydroxylation is 1. The van der Waals surface area contributed by atoms with Crippen molar-refractivity contribution in [1.29, 1.82) is 0 Å². The van der Waals surface area contributed by atoms with Crippen LogP contribution in [0.2, 0.25) is 0 Å². The van der Waals surface area contributed by atoms with Crippen LogP contribution in [-0.2, 0) is 7.05 Å². The molecule has 0 aliphatic carbocycles. The van der Waals surface area contributed by atoms with Crippen LogP contribution in [0.5, 0.6) is 5.75 Å². The van der Waals surface area contributed by atoms with E-state index in [1.54, 1.807) is 42.0 Å². The number of hydrogen-bond donors (Lipinski definition) is 1. The predicted molar refractivity (Wildman–Crippen MR) is 116 cm³/mol. The van der Waals surface area contributed by atoms with E-state index in [1.165, 1.54) is 11.8 Å². The van der Waals surface area contributed by atoms with Gasteiger partial charge in [0.2, 0.25) is 0 Å². The average molecular weight is 425 g/mol. The van der Waals surface area contributed by atoms with Crippen LogP contribution < -0.4 is 10.1 Å². The van der Waals surface area contributed by atoms with Crippen molar-refractivity contribution in [2.45, 2.75) is 25.0 Å². The second-order valence-corrected chi connectivity index (χ2v) is 7.85. The Bertz CT molecular complexity index is 1050. The zero-order valence-corrected chi connectivity index (χ0v) is 18.2. The number of carbonyl (C=O) groups excluding carboxylic acids is 2. The van der Waals surface area contributed by atoms with Gasteiger partial charge in [0.1, 0.15) is 5.75 Å². The molecule has 8 heteroatoms. The molecule has 0 spiro atoms. The monoisotopic (exact) mass is 424 g/mol. The van der Waals surface area contributed by atoms with Gasteiger partial charge in [0.05, 0.1) is 18.9 Å². The van der Waals surface area contributed by atoms with Crippen LogP contribution in [0.15, 0.2) is 53.7 Å². The normalized spacial score (nSPS) is 11.7. The molecule has 1 N–H and O–H groups in total. The summed E-state index contributed by atoms with van der Waals surface area (Å²) in [5, 5.41) is 11.9. The van der Waals surface area contributed by atoms with Crippen molar-refractivity contribution in [3.05, 3.63) is 71.0 Å². The number of rotatable bonds is 8. The third-order valence-corrected chi connectivity index (χ3v) is 5.65. The number of aromatic nitrogens is 3. The van der Waals surface area contributed by atoms with Crippen LogP contribution in [0.3, 0.4) is 0 Å². The van der Waals surface area contributed by atoms with Gasteiger partial charge < -0.3 is 14.6 Å². The van der Waals surface area contributed by atoms with E-state index in [-0.39, 0.29) is 23.5 Å². The van der Waals surface area contributed by atoms with Crippen molar-refractivity contribution < 1.29 is 14.3 Å². The van der Waals surface area contributed by atoms with E-state index in [9.17, 15) is 9.59 Å². The summed E-state index contributed by atoms with van der Waals surface area (Å²) in [5.74, 6) is 1.39. The highest BCUT2D eigenvalue weighted by Crippen LogP contribution is 2.21. The lowest BCUT2D eigenvalue weighted by atomic mass is 10.1. The van der Waals surface area contributed by atoms with Crippen LogP contribution in [0, 0.1) is 6.92 Å². The molecule has 1 aromatic heterocycles. The third-order valence-electron chi connectivity index (χ3n) is 4.63. The minimum absolute atomic E-state index is 0.00648. The van der Waals surface area contributed by atoms with Gasteiger partial charge in [-0.15, -0.1) is 10.2 Å². The first-order valence-electron chi connectivity index (χ1n) is 9.46. The van der Waals surface area contributed by atoms with Crippen LogP contribution in [-0.4, -0.2) is 39.3 Å². The van der Waals surface area contributed by atoms with E-state index in [1.807, 2.05) is 39.1 Å². The van der Waals surface area contributed by atoms with E-state index in [2.05, 4.69) is 15.5 Å². The second kappa shape index (κ2) is 9.58. The van der Waals surface area contributed by atoms with Crippen molar-refractivity contribution in [2.24, 2.45) is 7.05 Å². The van der Waals surface area contributed by atoms with Crippen LogP contribution in [0.1, 0.15) is 45.1 Å². The molecule has 0 bridgehead atoms. The van der Waals surface area contributed by atoms with Crippen LogP contribution in [0.25, 0.3) is 0 Å². The summed E-state index contributed by atoms with van der Waals surface area (Å²) >= 11 is 1.31. The molecule has 1 heterocycles. The molecule has 0 saturated carbocycles. The van der Waals surface area contributed by atoms with Crippen molar-refractivity contribution in [2.75, 3.05) is 12.9 Å². The third kappa shape index (κ3) is 5.07. The highest BCUT2D eigenvalue weighted by molar-refractivity contribution is 7.99. The lowest BCUT2D eigenvalue weighted by Crippen LogP contribution is -2.28. The molecule has 3 aromatic rings. The van der Waals surface area contributed by atoms with E-state index in [0.717, 1.165) is 5.56 Å². The number of carbonyl (C=O) groups is 2. The number of hydrogen-bond acceptors (Lipinski definition) is 6. The first-order valence-corrected chi connectivity index (χ1v) is 10.4. The summed E-state index contributed by atoms with van der Waals surface area (Å²) in [7, 11) is 3.41. The summed E-state index contributed by atoms with van der Waals surface area (Å²) in [5.41, 5.74) is 2.24. The summed E-state index contributed by atoms with van der Waals surface area (Å²) < 4.78 is 6.91.